The molecule has 2 amide bonds. The molecular formula is C14H19N3O2. The van der Waals surface area contributed by atoms with Gasteiger partial charge in [-0.3, -0.25) is 9.59 Å². The van der Waals surface area contributed by atoms with Gasteiger partial charge in [-0.1, -0.05) is 24.3 Å². The lowest BCUT2D eigenvalue weighted by molar-refractivity contribution is -0.132. The molecule has 1 aliphatic heterocycles. The van der Waals surface area contributed by atoms with Crippen molar-refractivity contribution >= 4 is 11.8 Å². The fourth-order valence-electron chi connectivity index (χ4n) is 2.28. The Hall–Kier alpha value is -1.88. The highest BCUT2D eigenvalue weighted by molar-refractivity contribution is 5.85. The Balaban J connectivity index is 1.90. The highest BCUT2D eigenvalue weighted by atomic mass is 16.2. The Morgan fingerprint density at radius 2 is 1.74 bits per heavy atom. The predicted octanol–water partition coefficient (Wildman–Crippen LogP) is -0.311. The molecule has 5 heteroatoms. The molecule has 1 heterocycles. The van der Waals surface area contributed by atoms with E-state index >= 15 is 0 Å². The summed E-state index contributed by atoms with van der Waals surface area (Å²) in [6.45, 7) is 1.35. The molecule has 0 atom stereocenters. The number of fused-ring (bicyclic) bond motifs is 1. The van der Waals surface area contributed by atoms with E-state index in [2.05, 4.69) is 17.4 Å². The maximum Gasteiger partial charge on any atom is 0.241 e. The summed E-state index contributed by atoms with van der Waals surface area (Å²) >= 11 is 0. The first-order valence-electron chi connectivity index (χ1n) is 6.52. The van der Waals surface area contributed by atoms with Crippen LogP contribution in [-0.2, 0) is 22.4 Å². The van der Waals surface area contributed by atoms with Gasteiger partial charge < -0.3 is 16.0 Å². The third kappa shape index (κ3) is 3.54. The molecule has 1 aliphatic rings. The molecule has 0 unspecified atom stereocenters. The Morgan fingerprint density at radius 1 is 1.16 bits per heavy atom. The molecule has 0 aliphatic carbocycles. The largest absolute Gasteiger partial charge is 0.346 e. The SMILES string of the molecule is NCC(=O)NCC(=O)N1CCc2ccccc2CC1. The van der Waals surface area contributed by atoms with Gasteiger partial charge in [-0.05, 0) is 24.0 Å². The lowest BCUT2D eigenvalue weighted by Crippen LogP contribution is -2.42. The van der Waals surface area contributed by atoms with E-state index in [4.69, 9.17) is 5.73 Å². The van der Waals surface area contributed by atoms with Crippen molar-refractivity contribution in [3.63, 3.8) is 0 Å². The molecule has 19 heavy (non-hydrogen) atoms. The maximum atomic E-state index is 12.0. The normalized spacial score (nSPS) is 14.5. The Bertz CT molecular complexity index is 447. The smallest absolute Gasteiger partial charge is 0.241 e. The van der Waals surface area contributed by atoms with Crippen molar-refractivity contribution < 1.29 is 9.59 Å². The molecule has 3 N–H and O–H groups in total. The third-order valence-electron chi connectivity index (χ3n) is 3.40. The number of nitrogens with two attached hydrogens (primary N) is 1. The number of rotatable bonds is 3. The van der Waals surface area contributed by atoms with E-state index < -0.39 is 0 Å². The molecule has 0 saturated heterocycles. The number of benzene rings is 1. The van der Waals surface area contributed by atoms with Gasteiger partial charge in [0.1, 0.15) is 0 Å². The minimum Gasteiger partial charge on any atom is -0.346 e. The second kappa shape index (κ2) is 6.33. The van der Waals surface area contributed by atoms with Crippen LogP contribution in [0.4, 0.5) is 0 Å². The van der Waals surface area contributed by atoms with Crippen LogP contribution in [0.3, 0.4) is 0 Å². The molecule has 0 radical (unpaired) electrons. The zero-order chi connectivity index (χ0) is 13.7. The minimum absolute atomic E-state index is 0.0341. The summed E-state index contributed by atoms with van der Waals surface area (Å²) in [5.74, 6) is -0.346. The average Bonchev–Trinajstić information content (AvgIpc) is 2.67. The molecule has 2 rings (SSSR count). The van der Waals surface area contributed by atoms with Crippen LogP contribution in [0.2, 0.25) is 0 Å². The molecule has 1 aromatic carbocycles. The van der Waals surface area contributed by atoms with Gasteiger partial charge in [0.25, 0.3) is 0 Å². The van der Waals surface area contributed by atoms with Crippen molar-refractivity contribution in [3.05, 3.63) is 35.4 Å². The van der Waals surface area contributed by atoms with Gasteiger partial charge in [-0.25, -0.2) is 0 Å². The fraction of sp³-hybridized carbons (Fsp3) is 0.429. The van der Waals surface area contributed by atoms with E-state index in [0.29, 0.717) is 13.1 Å². The minimum atomic E-state index is -0.300. The molecule has 0 saturated carbocycles. The van der Waals surface area contributed by atoms with Gasteiger partial charge >= 0.3 is 0 Å². The fourth-order valence-corrected chi connectivity index (χ4v) is 2.28. The summed E-state index contributed by atoms with van der Waals surface area (Å²) in [7, 11) is 0. The number of hydrogen-bond donors (Lipinski definition) is 2. The van der Waals surface area contributed by atoms with Gasteiger partial charge in [-0.15, -0.1) is 0 Å². The second-order valence-corrected chi connectivity index (χ2v) is 4.63. The van der Waals surface area contributed by atoms with Crippen LogP contribution in [0.15, 0.2) is 24.3 Å². The van der Waals surface area contributed by atoms with E-state index in [1.807, 2.05) is 12.1 Å². The van der Waals surface area contributed by atoms with E-state index in [1.165, 1.54) is 11.1 Å². The van der Waals surface area contributed by atoms with Crippen LogP contribution < -0.4 is 11.1 Å². The van der Waals surface area contributed by atoms with Crippen molar-refractivity contribution in [2.75, 3.05) is 26.2 Å². The highest BCUT2D eigenvalue weighted by Crippen LogP contribution is 2.15. The zero-order valence-corrected chi connectivity index (χ0v) is 10.9. The molecule has 0 bridgehead atoms. The van der Waals surface area contributed by atoms with E-state index in [-0.39, 0.29) is 24.9 Å². The predicted molar refractivity (Wildman–Crippen MR) is 72.5 cm³/mol. The van der Waals surface area contributed by atoms with Crippen LogP contribution >= 0.6 is 0 Å². The standard InChI is InChI=1S/C14H19N3O2/c15-9-13(18)16-10-14(19)17-7-5-11-3-1-2-4-12(11)6-8-17/h1-4H,5-10,15H2,(H,16,18). The number of carbonyl (C=O) groups excluding carboxylic acids is 2. The molecule has 5 nitrogen and oxygen atoms in total. The van der Waals surface area contributed by atoms with Crippen molar-refractivity contribution in [3.8, 4) is 0 Å². The van der Waals surface area contributed by atoms with E-state index in [9.17, 15) is 9.59 Å². The first-order chi connectivity index (χ1) is 9.20. The quantitative estimate of drug-likeness (QED) is 0.783. The number of amides is 2. The first kappa shape index (κ1) is 13.5. The molecular weight excluding hydrogens is 242 g/mol. The topological polar surface area (TPSA) is 75.4 Å². The van der Waals surface area contributed by atoms with Gasteiger partial charge in [0.15, 0.2) is 0 Å². The van der Waals surface area contributed by atoms with E-state index in [1.54, 1.807) is 4.90 Å². The molecule has 102 valence electrons. The highest BCUT2D eigenvalue weighted by Gasteiger charge is 2.18. The number of hydrogen-bond acceptors (Lipinski definition) is 3. The van der Waals surface area contributed by atoms with Crippen molar-refractivity contribution in [1.82, 2.24) is 10.2 Å². The summed E-state index contributed by atoms with van der Waals surface area (Å²) in [6.07, 6.45) is 1.74. The van der Waals surface area contributed by atoms with Crippen molar-refractivity contribution in [2.45, 2.75) is 12.8 Å². The summed E-state index contributed by atoms with van der Waals surface area (Å²) < 4.78 is 0. The Labute approximate surface area is 112 Å². The summed E-state index contributed by atoms with van der Waals surface area (Å²) in [5, 5.41) is 2.52. The van der Waals surface area contributed by atoms with Crippen LogP contribution in [0.25, 0.3) is 0 Å². The molecule has 0 fully saturated rings. The van der Waals surface area contributed by atoms with Gasteiger partial charge in [0, 0.05) is 13.1 Å². The van der Waals surface area contributed by atoms with Crippen molar-refractivity contribution in [1.29, 1.82) is 0 Å². The number of carbonyl (C=O) groups is 2. The monoisotopic (exact) mass is 261 g/mol. The molecule has 0 spiro atoms. The van der Waals surface area contributed by atoms with Gasteiger partial charge in [0.2, 0.25) is 11.8 Å². The van der Waals surface area contributed by atoms with Crippen LogP contribution in [0.5, 0.6) is 0 Å². The summed E-state index contributed by atoms with van der Waals surface area (Å²) in [6, 6.07) is 8.27. The van der Waals surface area contributed by atoms with Crippen LogP contribution in [0.1, 0.15) is 11.1 Å². The first-order valence-corrected chi connectivity index (χ1v) is 6.52. The summed E-state index contributed by atoms with van der Waals surface area (Å²) in [4.78, 5) is 24.8. The molecule has 1 aromatic rings. The lowest BCUT2D eigenvalue weighted by Gasteiger charge is -2.20. The maximum absolute atomic E-state index is 12.0. The average molecular weight is 261 g/mol. The van der Waals surface area contributed by atoms with E-state index in [0.717, 1.165) is 12.8 Å². The Morgan fingerprint density at radius 3 is 2.26 bits per heavy atom. The van der Waals surface area contributed by atoms with Gasteiger partial charge in [-0.2, -0.15) is 0 Å². The summed E-state index contributed by atoms with van der Waals surface area (Å²) in [5.41, 5.74) is 7.80. The number of nitrogens with one attached hydrogen (secondary N) is 1. The Kier molecular flexibility index (Phi) is 4.52. The van der Waals surface area contributed by atoms with Crippen LogP contribution in [0, 0.1) is 0 Å². The molecule has 0 aromatic heterocycles. The van der Waals surface area contributed by atoms with Gasteiger partial charge in [0.05, 0.1) is 13.1 Å². The lowest BCUT2D eigenvalue weighted by atomic mass is 10.0. The van der Waals surface area contributed by atoms with Crippen molar-refractivity contribution in [2.24, 2.45) is 5.73 Å². The third-order valence-corrected chi connectivity index (χ3v) is 3.40. The number of nitrogens with zero attached hydrogens (tertiary/aromatic N) is 1. The van der Waals surface area contributed by atoms with Crippen LogP contribution in [-0.4, -0.2) is 42.9 Å². The second-order valence-electron chi connectivity index (χ2n) is 4.63. The zero-order valence-electron chi connectivity index (χ0n) is 10.9.